The lowest BCUT2D eigenvalue weighted by molar-refractivity contribution is 0.518. The Morgan fingerprint density at radius 2 is 2.50 bits per heavy atom. The summed E-state index contributed by atoms with van der Waals surface area (Å²) in [6.45, 7) is 4.06. The van der Waals surface area contributed by atoms with Crippen LogP contribution >= 0.6 is 11.3 Å². The maximum Gasteiger partial charge on any atom is 0.185 e. The smallest absolute Gasteiger partial charge is 0.185 e. The summed E-state index contributed by atoms with van der Waals surface area (Å²) in [4.78, 5) is 6.70. The maximum absolute atomic E-state index is 5.68. The molecule has 4 heteroatoms. The van der Waals surface area contributed by atoms with E-state index in [4.69, 9.17) is 5.73 Å². The van der Waals surface area contributed by atoms with E-state index in [1.54, 1.807) is 11.3 Å². The van der Waals surface area contributed by atoms with Crippen molar-refractivity contribution >= 4 is 16.5 Å². The van der Waals surface area contributed by atoms with E-state index in [2.05, 4.69) is 22.2 Å². The molecule has 0 amide bonds. The summed E-state index contributed by atoms with van der Waals surface area (Å²) in [5, 5.41) is 3.26. The van der Waals surface area contributed by atoms with E-state index in [1.807, 2.05) is 0 Å². The zero-order valence-corrected chi connectivity index (χ0v) is 7.97. The summed E-state index contributed by atoms with van der Waals surface area (Å²) in [6.07, 6.45) is 1.02. The number of rotatable bonds is 2. The molecule has 0 aromatic carbocycles. The summed E-state index contributed by atoms with van der Waals surface area (Å²) < 4.78 is 0. The van der Waals surface area contributed by atoms with Gasteiger partial charge in [0.15, 0.2) is 5.13 Å². The Morgan fingerprint density at radius 1 is 1.75 bits per heavy atom. The maximum atomic E-state index is 5.68. The van der Waals surface area contributed by atoms with Crippen LogP contribution in [0.3, 0.4) is 0 Å². The largest absolute Gasteiger partial charge is 0.345 e. The fraction of sp³-hybridized carbons (Fsp3) is 0.625. The normalized spacial score (nSPS) is 18.0. The van der Waals surface area contributed by atoms with Crippen LogP contribution in [0.4, 0.5) is 5.13 Å². The zero-order chi connectivity index (χ0) is 8.55. The molecule has 0 radical (unpaired) electrons. The standard InChI is InChI=1S/C8H13N3S/c1-2-7-5-12-8(10-7)11-3-6(9)4-11/h5-6H,2-4,9H2,1H3. The molecule has 0 saturated carbocycles. The Morgan fingerprint density at radius 3 is 3.00 bits per heavy atom. The van der Waals surface area contributed by atoms with Crippen molar-refractivity contribution in [1.29, 1.82) is 0 Å². The molecule has 3 nitrogen and oxygen atoms in total. The van der Waals surface area contributed by atoms with Gasteiger partial charge < -0.3 is 10.6 Å². The number of aryl methyl sites for hydroxylation is 1. The van der Waals surface area contributed by atoms with E-state index in [-0.39, 0.29) is 0 Å². The first-order chi connectivity index (χ1) is 5.79. The van der Waals surface area contributed by atoms with Gasteiger partial charge in [-0.25, -0.2) is 4.98 Å². The summed E-state index contributed by atoms with van der Waals surface area (Å²) in [5.74, 6) is 0. The summed E-state index contributed by atoms with van der Waals surface area (Å²) in [6, 6.07) is 0.360. The molecule has 1 aliphatic rings. The molecule has 0 atom stereocenters. The van der Waals surface area contributed by atoms with Crippen LogP contribution in [0.5, 0.6) is 0 Å². The van der Waals surface area contributed by atoms with Crippen LogP contribution in [0, 0.1) is 0 Å². The second-order valence-corrected chi connectivity index (χ2v) is 3.98. The minimum absolute atomic E-state index is 0.360. The first-order valence-corrected chi connectivity index (χ1v) is 5.12. The molecular weight excluding hydrogens is 170 g/mol. The molecule has 2 rings (SSSR count). The van der Waals surface area contributed by atoms with Crippen LogP contribution in [-0.2, 0) is 6.42 Å². The predicted molar refractivity (Wildman–Crippen MR) is 51.7 cm³/mol. The molecule has 0 unspecified atom stereocenters. The Labute approximate surface area is 76.2 Å². The van der Waals surface area contributed by atoms with Crippen molar-refractivity contribution in [2.45, 2.75) is 19.4 Å². The van der Waals surface area contributed by atoms with Gasteiger partial charge >= 0.3 is 0 Å². The lowest BCUT2D eigenvalue weighted by Crippen LogP contribution is -2.55. The summed E-state index contributed by atoms with van der Waals surface area (Å²) >= 11 is 1.72. The number of nitrogens with two attached hydrogens (primary N) is 1. The van der Waals surface area contributed by atoms with Gasteiger partial charge in [-0.3, -0.25) is 0 Å². The van der Waals surface area contributed by atoms with Gasteiger partial charge in [0.05, 0.1) is 5.69 Å². The Bertz CT molecular complexity index is 265. The van der Waals surface area contributed by atoms with Crippen LogP contribution in [0.2, 0.25) is 0 Å². The van der Waals surface area contributed by atoms with Gasteiger partial charge in [0.2, 0.25) is 0 Å². The number of hydrogen-bond donors (Lipinski definition) is 1. The highest BCUT2D eigenvalue weighted by atomic mass is 32.1. The van der Waals surface area contributed by atoms with Crippen molar-refractivity contribution in [3.8, 4) is 0 Å². The molecule has 1 aromatic heterocycles. The number of aromatic nitrogens is 1. The monoisotopic (exact) mass is 183 g/mol. The number of thiazole rings is 1. The van der Waals surface area contributed by atoms with Gasteiger partial charge in [0.25, 0.3) is 0 Å². The molecule has 1 aromatic rings. The SMILES string of the molecule is CCc1csc(N2CC(N)C2)n1. The fourth-order valence-corrected chi connectivity index (χ4v) is 2.20. The van der Waals surface area contributed by atoms with Gasteiger partial charge in [0, 0.05) is 24.5 Å². The molecule has 12 heavy (non-hydrogen) atoms. The molecule has 0 aliphatic carbocycles. The third kappa shape index (κ3) is 1.32. The summed E-state index contributed by atoms with van der Waals surface area (Å²) in [7, 11) is 0. The minimum atomic E-state index is 0.360. The third-order valence-electron chi connectivity index (χ3n) is 2.08. The highest BCUT2D eigenvalue weighted by Crippen LogP contribution is 2.24. The van der Waals surface area contributed by atoms with Crippen molar-refractivity contribution in [2.24, 2.45) is 5.73 Å². The van der Waals surface area contributed by atoms with Crippen molar-refractivity contribution in [2.75, 3.05) is 18.0 Å². The van der Waals surface area contributed by atoms with E-state index in [0.717, 1.165) is 24.6 Å². The molecule has 2 N–H and O–H groups in total. The highest BCUT2D eigenvalue weighted by molar-refractivity contribution is 7.13. The van der Waals surface area contributed by atoms with Crippen molar-refractivity contribution in [3.05, 3.63) is 11.1 Å². The van der Waals surface area contributed by atoms with Crippen LogP contribution in [0.25, 0.3) is 0 Å². The fourth-order valence-electron chi connectivity index (χ4n) is 1.27. The quantitative estimate of drug-likeness (QED) is 0.739. The van der Waals surface area contributed by atoms with Gasteiger partial charge in [-0.05, 0) is 6.42 Å². The molecule has 2 heterocycles. The topological polar surface area (TPSA) is 42.1 Å². The summed E-state index contributed by atoms with van der Waals surface area (Å²) in [5.41, 5.74) is 6.87. The molecular formula is C8H13N3S. The third-order valence-corrected chi connectivity index (χ3v) is 3.03. The van der Waals surface area contributed by atoms with Gasteiger partial charge in [0.1, 0.15) is 0 Å². The number of hydrogen-bond acceptors (Lipinski definition) is 4. The lowest BCUT2D eigenvalue weighted by atomic mass is 10.1. The molecule has 66 valence electrons. The van der Waals surface area contributed by atoms with Crippen molar-refractivity contribution < 1.29 is 0 Å². The molecule has 1 fully saturated rings. The van der Waals surface area contributed by atoms with Crippen LogP contribution < -0.4 is 10.6 Å². The molecule has 1 saturated heterocycles. The average Bonchev–Trinajstić information content (AvgIpc) is 2.46. The Balaban J connectivity index is 2.04. The van der Waals surface area contributed by atoms with E-state index >= 15 is 0 Å². The number of nitrogens with zero attached hydrogens (tertiary/aromatic N) is 2. The van der Waals surface area contributed by atoms with E-state index < -0.39 is 0 Å². The first kappa shape index (κ1) is 8.01. The Kier molecular flexibility index (Phi) is 2.02. The predicted octanol–water partition coefficient (Wildman–Crippen LogP) is 0.853. The second kappa shape index (κ2) is 3.03. The van der Waals surface area contributed by atoms with Gasteiger partial charge in [-0.15, -0.1) is 11.3 Å². The Hall–Kier alpha value is -0.610. The van der Waals surface area contributed by atoms with E-state index in [9.17, 15) is 0 Å². The van der Waals surface area contributed by atoms with Crippen molar-refractivity contribution in [3.63, 3.8) is 0 Å². The van der Waals surface area contributed by atoms with Gasteiger partial charge in [-0.1, -0.05) is 6.92 Å². The first-order valence-electron chi connectivity index (χ1n) is 4.24. The van der Waals surface area contributed by atoms with Crippen LogP contribution in [0.1, 0.15) is 12.6 Å². The van der Waals surface area contributed by atoms with Gasteiger partial charge in [-0.2, -0.15) is 0 Å². The average molecular weight is 183 g/mol. The number of anilines is 1. The molecule has 1 aliphatic heterocycles. The van der Waals surface area contributed by atoms with E-state index in [1.165, 1.54) is 5.69 Å². The second-order valence-electron chi connectivity index (χ2n) is 3.14. The van der Waals surface area contributed by atoms with Crippen molar-refractivity contribution in [1.82, 2.24) is 4.98 Å². The molecule has 0 spiro atoms. The molecule has 0 bridgehead atoms. The van der Waals surface area contributed by atoms with Crippen LogP contribution in [0.15, 0.2) is 5.38 Å². The van der Waals surface area contributed by atoms with Crippen LogP contribution in [-0.4, -0.2) is 24.1 Å². The highest BCUT2D eigenvalue weighted by Gasteiger charge is 2.25. The van der Waals surface area contributed by atoms with E-state index in [0.29, 0.717) is 6.04 Å². The lowest BCUT2D eigenvalue weighted by Gasteiger charge is -2.36. The zero-order valence-electron chi connectivity index (χ0n) is 7.16. The minimum Gasteiger partial charge on any atom is -0.345 e.